The first-order valence-corrected chi connectivity index (χ1v) is 9.80. The minimum atomic E-state index is -0.313. The molecule has 144 valence electrons. The summed E-state index contributed by atoms with van der Waals surface area (Å²) in [5.41, 5.74) is 1.01. The summed E-state index contributed by atoms with van der Waals surface area (Å²) >= 11 is 0. The van der Waals surface area contributed by atoms with Gasteiger partial charge in [-0.15, -0.1) is 0 Å². The Morgan fingerprint density at radius 1 is 1.12 bits per heavy atom. The summed E-state index contributed by atoms with van der Waals surface area (Å²) in [6.45, 7) is 7.32. The zero-order valence-electron chi connectivity index (χ0n) is 15.8. The lowest BCUT2D eigenvalue weighted by Gasteiger charge is -2.36. The Labute approximate surface area is 156 Å². The molecule has 1 saturated carbocycles. The van der Waals surface area contributed by atoms with Crippen LogP contribution in [0.2, 0.25) is 0 Å². The van der Waals surface area contributed by atoms with Crippen molar-refractivity contribution in [2.75, 3.05) is 46.3 Å². The molecule has 1 aromatic carbocycles. The maximum atomic E-state index is 11.8. The van der Waals surface area contributed by atoms with Crippen molar-refractivity contribution in [2.45, 2.75) is 38.0 Å². The van der Waals surface area contributed by atoms with Crippen molar-refractivity contribution in [3.05, 3.63) is 35.9 Å². The molecule has 1 aromatic rings. The number of benzene rings is 1. The summed E-state index contributed by atoms with van der Waals surface area (Å²) in [6, 6.07) is 10.5. The third kappa shape index (κ3) is 6.27. The van der Waals surface area contributed by atoms with E-state index in [4.69, 9.17) is 4.74 Å². The van der Waals surface area contributed by atoms with E-state index < -0.39 is 0 Å². The molecule has 6 nitrogen and oxygen atoms in total. The first-order valence-electron chi connectivity index (χ1n) is 9.80. The molecule has 3 rings (SSSR count). The molecule has 1 heterocycles. The monoisotopic (exact) mass is 360 g/mol. The number of piperazine rings is 1. The van der Waals surface area contributed by atoms with E-state index in [9.17, 15) is 4.79 Å². The second kappa shape index (κ2) is 9.90. The van der Waals surface area contributed by atoms with Crippen LogP contribution in [0.15, 0.2) is 30.3 Å². The average Bonchev–Trinajstić information content (AvgIpc) is 2.63. The lowest BCUT2D eigenvalue weighted by molar-refractivity contribution is 0.125. The fourth-order valence-corrected chi connectivity index (χ4v) is 3.51. The molecular weight excluding hydrogens is 328 g/mol. The van der Waals surface area contributed by atoms with E-state index in [0.29, 0.717) is 12.6 Å². The van der Waals surface area contributed by atoms with Crippen molar-refractivity contribution in [1.29, 1.82) is 0 Å². The molecule has 1 aliphatic heterocycles. The third-order valence-electron chi connectivity index (χ3n) is 5.35. The number of carbonyl (C=O) groups excluding carboxylic acids is 1. The molecule has 2 aliphatic rings. The number of nitrogens with one attached hydrogen (secondary N) is 2. The molecule has 6 heteroatoms. The second-order valence-electron chi connectivity index (χ2n) is 7.52. The standard InChI is InChI=1S/C20H32N4O2/c1-23-10-12-24(13-11-23)9-5-8-21-18-14-19(15-18)22-20(25)26-16-17-6-3-2-4-7-17/h2-4,6-7,18-19,21H,5,8-16H2,1H3,(H,22,25). The summed E-state index contributed by atoms with van der Waals surface area (Å²) < 4.78 is 5.26. The highest BCUT2D eigenvalue weighted by Crippen LogP contribution is 2.20. The number of rotatable bonds is 8. The SMILES string of the molecule is CN1CCN(CCCNC2CC(NC(=O)OCc3ccccc3)C2)CC1. The number of likely N-dealkylation sites (N-methyl/N-ethyl adjacent to an activating group) is 1. The summed E-state index contributed by atoms with van der Waals surface area (Å²) in [4.78, 5) is 16.8. The smallest absolute Gasteiger partial charge is 0.407 e. The predicted octanol–water partition coefficient (Wildman–Crippen LogP) is 1.67. The van der Waals surface area contributed by atoms with E-state index in [1.807, 2.05) is 30.3 Å². The Kier molecular flexibility index (Phi) is 7.29. The zero-order valence-corrected chi connectivity index (χ0v) is 15.8. The van der Waals surface area contributed by atoms with Crippen LogP contribution in [0.3, 0.4) is 0 Å². The Bertz CT molecular complexity index is 540. The van der Waals surface area contributed by atoms with Gasteiger partial charge in [-0.25, -0.2) is 4.79 Å². The Morgan fingerprint density at radius 3 is 2.58 bits per heavy atom. The van der Waals surface area contributed by atoms with Crippen molar-refractivity contribution in [2.24, 2.45) is 0 Å². The van der Waals surface area contributed by atoms with Crippen molar-refractivity contribution >= 4 is 6.09 Å². The van der Waals surface area contributed by atoms with E-state index in [-0.39, 0.29) is 12.1 Å². The second-order valence-corrected chi connectivity index (χ2v) is 7.52. The summed E-state index contributed by atoms with van der Waals surface area (Å²) in [6.07, 6.45) is 2.87. The topological polar surface area (TPSA) is 56.8 Å². The van der Waals surface area contributed by atoms with Crippen molar-refractivity contribution in [3.63, 3.8) is 0 Å². The molecule has 0 radical (unpaired) electrons. The van der Waals surface area contributed by atoms with Crippen LogP contribution >= 0.6 is 0 Å². The van der Waals surface area contributed by atoms with Gasteiger partial charge in [0.05, 0.1) is 0 Å². The van der Waals surface area contributed by atoms with Crippen molar-refractivity contribution in [3.8, 4) is 0 Å². The van der Waals surface area contributed by atoms with E-state index in [1.54, 1.807) is 0 Å². The van der Waals surface area contributed by atoms with Gasteiger partial charge in [0.2, 0.25) is 0 Å². The first kappa shape index (κ1) is 19.1. The van der Waals surface area contributed by atoms with Gasteiger partial charge in [0.1, 0.15) is 6.61 Å². The molecule has 1 aliphatic carbocycles. The molecule has 0 spiro atoms. The zero-order chi connectivity index (χ0) is 18.2. The molecular formula is C20H32N4O2. The fraction of sp³-hybridized carbons (Fsp3) is 0.650. The fourth-order valence-electron chi connectivity index (χ4n) is 3.51. The van der Waals surface area contributed by atoms with Crippen LogP contribution in [0.5, 0.6) is 0 Å². The van der Waals surface area contributed by atoms with E-state index >= 15 is 0 Å². The highest BCUT2D eigenvalue weighted by Gasteiger charge is 2.30. The molecule has 1 saturated heterocycles. The van der Waals surface area contributed by atoms with Crippen molar-refractivity contribution < 1.29 is 9.53 Å². The van der Waals surface area contributed by atoms with Crippen LogP contribution in [0.1, 0.15) is 24.8 Å². The largest absolute Gasteiger partial charge is 0.445 e. The van der Waals surface area contributed by atoms with Crippen LogP contribution in [-0.2, 0) is 11.3 Å². The van der Waals surface area contributed by atoms with E-state index in [1.165, 1.54) is 39.1 Å². The van der Waals surface area contributed by atoms with Crippen LogP contribution in [0, 0.1) is 0 Å². The van der Waals surface area contributed by atoms with Crippen molar-refractivity contribution in [1.82, 2.24) is 20.4 Å². The molecule has 1 amide bonds. The highest BCUT2D eigenvalue weighted by molar-refractivity contribution is 5.67. The Hall–Kier alpha value is -1.63. The van der Waals surface area contributed by atoms with Gasteiger partial charge in [0.15, 0.2) is 0 Å². The maximum absolute atomic E-state index is 11.8. The lowest BCUT2D eigenvalue weighted by atomic mass is 9.87. The quantitative estimate of drug-likeness (QED) is 0.691. The van der Waals surface area contributed by atoms with Gasteiger partial charge in [-0.2, -0.15) is 0 Å². The molecule has 0 atom stereocenters. The van der Waals surface area contributed by atoms with Gasteiger partial charge in [-0.1, -0.05) is 30.3 Å². The summed E-state index contributed by atoms with van der Waals surface area (Å²) in [5.74, 6) is 0. The number of alkyl carbamates (subject to hydrolysis) is 1. The number of carbonyl (C=O) groups is 1. The predicted molar refractivity (Wildman–Crippen MR) is 103 cm³/mol. The summed E-state index contributed by atoms with van der Waals surface area (Å²) in [5, 5.41) is 6.55. The van der Waals surface area contributed by atoms with Gasteiger partial charge in [0.25, 0.3) is 0 Å². The number of hydrogen-bond acceptors (Lipinski definition) is 5. The number of hydrogen-bond donors (Lipinski definition) is 2. The molecule has 0 bridgehead atoms. The van der Waals surface area contributed by atoms with Crippen LogP contribution in [0.25, 0.3) is 0 Å². The van der Waals surface area contributed by atoms with Crippen LogP contribution < -0.4 is 10.6 Å². The molecule has 0 unspecified atom stereocenters. The highest BCUT2D eigenvalue weighted by atomic mass is 16.5. The number of nitrogens with zero attached hydrogens (tertiary/aromatic N) is 2. The van der Waals surface area contributed by atoms with E-state index in [0.717, 1.165) is 24.9 Å². The van der Waals surface area contributed by atoms with Gasteiger partial charge in [0, 0.05) is 38.3 Å². The molecule has 0 aromatic heterocycles. The molecule has 26 heavy (non-hydrogen) atoms. The van der Waals surface area contributed by atoms with Crippen LogP contribution in [0.4, 0.5) is 4.79 Å². The number of ether oxygens (including phenoxy) is 1. The molecule has 2 N–H and O–H groups in total. The maximum Gasteiger partial charge on any atom is 0.407 e. The van der Waals surface area contributed by atoms with Gasteiger partial charge >= 0.3 is 6.09 Å². The molecule has 2 fully saturated rings. The first-order chi connectivity index (χ1) is 12.7. The third-order valence-corrected chi connectivity index (χ3v) is 5.35. The Balaban J connectivity index is 1.18. The normalized spacial score (nSPS) is 24.0. The average molecular weight is 361 g/mol. The minimum absolute atomic E-state index is 0.244. The Morgan fingerprint density at radius 2 is 1.85 bits per heavy atom. The van der Waals surface area contributed by atoms with Gasteiger partial charge in [-0.3, -0.25) is 0 Å². The van der Waals surface area contributed by atoms with Crippen LogP contribution in [-0.4, -0.2) is 74.3 Å². The number of amides is 1. The van der Waals surface area contributed by atoms with Gasteiger partial charge in [-0.05, 0) is 45.0 Å². The van der Waals surface area contributed by atoms with Gasteiger partial charge < -0.3 is 25.2 Å². The van der Waals surface area contributed by atoms with E-state index in [2.05, 4.69) is 27.5 Å². The summed E-state index contributed by atoms with van der Waals surface area (Å²) in [7, 11) is 2.19. The minimum Gasteiger partial charge on any atom is -0.445 e. The lowest BCUT2D eigenvalue weighted by Crippen LogP contribution is -2.53.